The van der Waals surface area contributed by atoms with Gasteiger partial charge in [0.1, 0.15) is 0 Å². The van der Waals surface area contributed by atoms with Crippen LogP contribution in [0, 0.1) is 6.92 Å². The van der Waals surface area contributed by atoms with Gasteiger partial charge in [0.05, 0.1) is 10.7 Å². The summed E-state index contributed by atoms with van der Waals surface area (Å²) in [6, 6.07) is 8.39. The smallest absolute Gasteiger partial charge is 0.0932 e. The fourth-order valence-electron chi connectivity index (χ4n) is 1.64. The van der Waals surface area contributed by atoms with Crippen LogP contribution in [0.5, 0.6) is 0 Å². The van der Waals surface area contributed by atoms with Crippen LogP contribution in [0.1, 0.15) is 17.0 Å². The Morgan fingerprint density at radius 3 is 2.88 bits per heavy atom. The maximum absolute atomic E-state index is 4.66. The van der Waals surface area contributed by atoms with Crippen LogP contribution in [0.25, 0.3) is 11.3 Å². The molecular formula is C13H15NS2. The third-order valence-electron chi connectivity index (χ3n) is 2.52. The molecule has 0 saturated heterocycles. The molecule has 0 saturated carbocycles. The lowest BCUT2D eigenvalue weighted by Crippen LogP contribution is -1.87. The molecule has 0 atom stereocenters. The van der Waals surface area contributed by atoms with Crippen LogP contribution in [-0.2, 0) is 6.42 Å². The van der Waals surface area contributed by atoms with Crippen molar-refractivity contribution in [2.75, 3.05) is 5.75 Å². The summed E-state index contributed by atoms with van der Waals surface area (Å²) in [5.74, 6) is 0.930. The number of thiazole rings is 1. The predicted molar refractivity (Wildman–Crippen MR) is 74.5 cm³/mol. The number of rotatable bonds is 4. The topological polar surface area (TPSA) is 12.9 Å². The molecule has 1 heterocycles. The minimum absolute atomic E-state index is 0.930. The number of aromatic nitrogens is 1. The van der Waals surface area contributed by atoms with E-state index in [9.17, 15) is 0 Å². The van der Waals surface area contributed by atoms with Crippen molar-refractivity contribution in [1.82, 2.24) is 4.98 Å². The monoisotopic (exact) mass is 249 g/mol. The summed E-state index contributed by atoms with van der Waals surface area (Å²) < 4.78 is 0. The molecule has 0 bridgehead atoms. The van der Waals surface area contributed by atoms with Gasteiger partial charge in [-0.1, -0.05) is 24.3 Å². The highest BCUT2D eigenvalue weighted by molar-refractivity contribution is 7.80. The Kier molecular flexibility index (Phi) is 4.02. The molecule has 0 amide bonds. The lowest BCUT2D eigenvalue weighted by atomic mass is 10.1. The molecule has 1 aromatic heterocycles. The molecule has 0 unspecified atom stereocenters. The van der Waals surface area contributed by atoms with E-state index >= 15 is 0 Å². The Morgan fingerprint density at radius 2 is 2.12 bits per heavy atom. The van der Waals surface area contributed by atoms with E-state index in [0.29, 0.717) is 0 Å². The molecule has 1 aromatic carbocycles. The van der Waals surface area contributed by atoms with Gasteiger partial charge in [-0.3, -0.25) is 0 Å². The second-order valence-electron chi connectivity index (χ2n) is 3.77. The van der Waals surface area contributed by atoms with Gasteiger partial charge >= 0.3 is 0 Å². The average Bonchev–Trinajstić information content (AvgIpc) is 2.75. The molecule has 0 aliphatic carbocycles. The zero-order chi connectivity index (χ0) is 11.4. The normalized spacial score (nSPS) is 10.6. The first-order chi connectivity index (χ1) is 7.81. The molecule has 0 spiro atoms. The Morgan fingerprint density at radius 1 is 1.31 bits per heavy atom. The molecule has 16 heavy (non-hydrogen) atoms. The van der Waals surface area contributed by atoms with E-state index in [1.54, 1.807) is 11.3 Å². The van der Waals surface area contributed by atoms with Crippen LogP contribution in [0.4, 0.5) is 0 Å². The molecule has 84 valence electrons. The van der Waals surface area contributed by atoms with Gasteiger partial charge in [-0.05, 0) is 24.7 Å². The second kappa shape index (κ2) is 5.51. The SMILES string of the molecule is Cc1ccccc1-c1csc(CCCS)n1. The summed E-state index contributed by atoms with van der Waals surface area (Å²) in [5.41, 5.74) is 3.64. The number of hydrogen-bond acceptors (Lipinski definition) is 3. The minimum Gasteiger partial charge on any atom is -0.241 e. The molecule has 0 fully saturated rings. The van der Waals surface area contributed by atoms with Crippen molar-refractivity contribution in [3.05, 3.63) is 40.2 Å². The maximum atomic E-state index is 4.66. The summed E-state index contributed by atoms with van der Waals surface area (Å²) >= 11 is 5.97. The van der Waals surface area contributed by atoms with Crippen molar-refractivity contribution in [1.29, 1.82) is 0 Å². The Balaban J connectivity index is 2.22. The first-order valence-electron chi connectivity index (χ1n) is 5.42. The Labute approximate surface area is 106 Å². The van der Waals surface area contributed by atoms with Gasteiger partial charge in [-0.25, -0.2) is 4.98 Å². The van der Waals surface area contributed by atoms with E-state index in [2.05, 4.69) is 54.2 Å². The van der Waals surface area contributed by atoms with Crippen LogP contribution in [0.2, 0.25) is 0 Å². The van der Waals surface area contributed by atoms with Gasteiger partial charge in [0, 0.05) is 17.4 Å². The lowest BCUT2D eigenvalue weighted by molar-refractivity contribution is 0.923. The summed E-state index contributed by atoms with van der Waals surface area (Å²) in [4.78, 5) is 4.66. The molecule has 0 aliphatic rings. The predicted octanol–water partition coefficient (Wildman–Crippen LogP) is 3.98. The van der Waals surface area contributed by atoms with Gasteiger partial charge in [0.2, 0.25) is 0 Å². The number of thiol groups is 1. The molecular weight excluding hydrogens is 234 g/mol. The van der Waals surface area contributed by atoms with E-state index in [1.165, 1.54) is 16.1 Å². The van der Waals surface area contributed by atoms with E-state index in [4.69, 9.17) is 0 Å². The van der Waals surface area contributed by atoms with Crippen LogP contribution < -0.4 is 0 Å². The van der Waals surface area contributed by atoms with Gasteiger partial charge < -0.3 is 0 Å². The zero-order valence-corrected chi connectivity index (χ0v) is 11.0. The third-order valence-corrected chi connectivity index (χ3v) is 3.75. The van der Waals surface area contributed by atoms with Gasteiger partial charge in [0.15, 0.2) is 0 Å². The highest BCUT2D eigenvalue weighted by Crippen LogP contribution is 2.25. The van der Waals surface area contributed by atoms with Crippen molar-refractivity contribution < 1.29 is 0 Å². The van der Waals surface area contributed by atoms with Crippen molar-refractivity contribution in [3.8, 4) is 11.3 Å². The molecule has 0 radical (unpaired) electrons. The van der Waals surface area contributed by atoms with Crippen LogP contribution in [-0.4, -0.2) is 10.7 Å². The van der Waals surface area contributed by atoms with Crippen molar-refractivity contribution >= 4 is 24.0 Å². The van der Waals surface area contributed by atoms with Gasteiger partial charge in [-0.2, -0.15) is 12.6 Å². The fraction of sp³-hybridized carbons (Fsp3) is 0.308. The average molecular weight is 249 g/mol. The summed E-state index contributed by atoms with van der Waals surface area (Å²) in [5, 5.41) is 3.36. The Bertz CT molecular complexity index is 462. The molecule has 3 heteroatoms. The first kappa shape index (κ1) is 11.7. The van der Waals surface area contributed by atoms with Gasteiger partial charge in [-0.15, -0.1) is 11.3 Å². The molecule has 0 aliphatic heterocycles. The molecule has 2 rings (SSSR count). The van der Waals surface area contributed by atoms with E-state index in [1.807, 2.05) is 0 Å². The maximum Gasteiger partial charge on any atom is 0.0932 e. The van der Waals surface area contributed by atoms with E-state index in [0.717, 1.165) is 24.3 Å². The van der Waals surface area contributed by atoms with Crippen molar-refractivity contribution in [2.45, 2.75) is 19.8 Å². The van der Waals surface area contributed by atoms with Crippen molar-refractivity contribution in [2.24, 2.45) is 0 Å². The second-order valence-corrected chi connectivity index (χ2v) is 5.16. The first-order valence-corrected chi connectivity index (χ1v) is 6.93. The number of aryl methyl sites for hydroxylation is 2. The minimum atomic E-state index is 0.930. The molecule has 0 N–H and O–H groups in total. The summed E-state index contributed by atoms with van der Waals surface area (Å²) in [6.45, 7) is 2.13. The standard InChI is InChI=1S/C13H15NS2/c1-10-5-2-3-6-11(10)12-9-16-13(14-12)7-4-8-15/h2-3,5-6,9,15H,4,7-8H2,1H3. The van der Waals surface area contributed by atoms with Crippen LogP contribution >= 0.6 is 24.0 Å². The largest absolute Gasteiger partial charge is 0.241 e. The number of nitrogens with zero attached hydrogens (tertiary/aromatic N) is 1. The summed E-state index contributed by atoms with van der Waals surface area (Å²) in [7, 11) is 0. The highest BCUT2D eigenvalue weighted by Gasteiger charge is 2.05. The molecule has 1 nitrogen and oxygen atoms in total. The highest BCUT2D eigenvalue weighted by atomic mass is 32.1. The lowest BCUT2D eigenvalue weighted by Gasteiger charge is -2.00. The van der Waals surface area contributed by atoms with Crippen LogP contribution in [0.3, 0.4) is 0 Å². The third kappa shape index (κ3) is 2.66. The van der Waals surface area contributed by atoms with E-state index < -0.39 is 0 Å². The van der Waals surface area contributed by atoms with Crippen LogP contribution in [0.15, 0.2) is 29.6 Å². The summed E-state index contributed by atoms with van der Waals surface area (Å²) in [6.07, 6.45) is 2.14. The van der Waals surface area contributed by atoms with Crippen molar-refractivity contribution in [3.63, 3.8) is 0 Å². The number of hydrogen-bond donors (Lipinski definition) is 1. The fourth-order valence-corrected chi connectivity index (χ4v) is 2.64. The number of benzene rings is 1. The van der Waals surface area contributed by atoms with Gasteiger partial charge in [0.25, 0.3) is 0 Å². The molecule has 2 aromatic rings. The Hall–Kier alpha value is -0.800. The quantitative estimate of drug-likeness (QED) is 0.809. The van der Waals surface area contributed by atoms with E-state index in [-0.39, 0.29) is 0 Å². The zero-order valence-electron chi connectivity index (χ0n) is 9.31.